The summed E-state index contributed by atoms with van der Waals surface area (Å²) in [7, 11) is -2.55. The van der Waals surface area contributed by atoms with E-state index in [0.717, 1.165) is 5.56 Å². The summed E-state index contributed by atoms with van der Waals surface area (Å²) in [6.45, 7) is 0. The third-order valence-corrected chi connectivity index (χ3v) is 5.53. The number of ether oxygens (including phenoxy) is 1. The van der Waals surface area contributed by atoms with Crippen molar-refractivity contribution in [1.82, 2.24) is 15.3 Å². The van der Waals surface area contributed by atoms with E-state index in [0.29, 0.717) is 5.69 Å². The molecule has 1 amide bonds. The summed E-state index contributed by atoms with van der Waals surface area (Å²) >= 11 is 5.13. The summed E-state index contributed by atoms with van der Waals surface area (Å²) in [4.78, 5) is 19.8. The number of nitrogens with zero attached hydrogens (tertiary/aromatic N) is 2. The fourth-order valence-electron chi connectivity index (χ4n) is 2.50. The van der Waals surface area contributed by atoms with Crippen molar-refractivity contribution in [3.05, 3.63) is 78.6 Å². The molecular formula is C21H19N5O4S2. The zero-order chi connectivity index (χ0) is 23.0. The number of carbonyl (C=O) groups excluding carboxylic acids is 1. The molecule has 3 aromatic rings. The highest BCUT2D eigenvalue weighted by atomic mass is 32.2. The molecule has 1 aromatic heterocycles. The van der Waals surface area contributed by atoms with Gasteiger partial charge in [0.15, 0.2) is 5.11 Å². The number of aromatic nitrogens is 2. The molecule has 9 nitrogen and oxygen atoms in total. The van der Waals surface area contributed by atoms with Gasteiger partial charge in [0.05, 0.1) is 12.0 Å². The highest BCUT2D eigenvalue weighted by Crippen LogP contribution is 2.22. The molecule has 0 aliphatic rings. The normalized spacial score (nSPS) is 11.0. The average molecular weight is 470 g/mol. The summed E-state index contributed by atoms with van der Waals surface area (Å²) in [6, 6.07) is 15.1. The third kappa shape index (κ3) is 6.33. The second kappa shape index (κ2) is 10.5. The van der Waals surface area contributed by atoms with Crippen LogP contribution in [0.15, 0.2) is 78.0 Å². The quantitative estimate of drug-likeness (QED) is 0.357. The van der Waals surface area contributed by atoms with Crippen molar-refractivity contribution in [3.8, 4) is 5.88 Å². The Morgan fingerprint density at radius 3 is 2.41 bits per heavy atom. The van der Waals surface area contributed by atoms with Crippen molar-refractivity contribution >= 4 is 50.8 Å². The number of benzene rings is 2. The topological polar surface area (TPSA) is 122 Å². The second-order valence-corrected chi connectivity index (χ2v) is 8.32. The number of rotatable bonds is 7. The maximum Gasteiger partial charge on any atom is 0.263 e. The van der Waals surface area contributed by atoms with Gasteiger partial charge < -0.3 is 10.1 Å². The molecule has 0 fully saturated rings. The Bertz CT molecular complexity index is 1230. The summed E-state index contributed by atoms with van der Waals surface area (Å²) in [5.74, 6) is -0.367. The number of hydrogen-bond donors (Lipinski definition) is 3. The highest BCUT2D eigenvalue weighted by molar-refractivity contribution is 7.92. The van der Waals surface area contributed by atoms with Gasteiger partial charge in [-0.15, -0.1) is 0 Å². The average Bonchev–Trinajstić information content (AvgIpc) is 2.79. The van der Waals surface area contributed by atoms with E-state index >= 15 is 0 Å². The number of sulfonamides is 1. The Morgan fingerprint density at radius 2 is 1.72 bits per heavy atom. The Balaban J connectivity index is 1.59. The first-order valence-corrected chi connectivity index (χ1v) is 11.1. The fourth-order valence-corrected chi connectivity index (χ4v) is 3.73. The lowest BCUT2D eigenvalue weighted by molar-refractivity contribution is -0.115. The minimum atomic E-state index is -3.92. The van der Waals surface area contributed by atoms with Crippen molar-refractivity contribution in [2.75, 3.05) is 17.1 Å². The lowest BCUT2D eigenvalue weighted by atomic mass is 10.2. The van der Waals surface area contributed by atoms with E-state index in [2.05, 4.69) is 25.3 Å². The molecule has 1 heterocycles. The molecule has 0 aliphatic heterocycles. The molecule has 2 aromatic carbocycles. The van der Waals surface area contributed by atoms with E-state index in [1.807, 2.05) is 30.3 Å². The van der Waals surface area contributed by atoms with Gasteiger partial charge in [-0.1, -0.05) is 30.3 Å². The predicted molar refractivity (Wildman–Crippen MR) is 126 cm³/mol. The predicted octanol–water partition coefficient (Wildman–Crippen LogP) is 2.81. The first kappa shape index (κ1) is 22.8. The largest absolute Gasteiger partial charge is 0.478 e. The molecule has 32 heavy (non-hydrogen) atoms. The van der Waals surface area contributed by atoms with Crippen LogP contribution >= 0.6 is 12.2 Å². The van der Waals surface area contributed by atoms with Crippen molar-refractivity contribution in [2.24, 2.45) is 0 Å². The summed E-state index contributed by atoms with van der Waals surface area (Å²) in [5.41, 5.74) is 1.38. The Morgan fingerprint density at radius 1 is 1.03 bits per heavy atom. The van der Waals surface area contributed by atoms with Crippen molar-refractivity contribution in [2.45, 2.75) is 4.90 Å². The van der Waals surface area contributed by atoms with Crippen LogP contribution in [0.2, 0.25) is 0 Å². The maximum absolute atomic E-state index is 12.6. The molecular weight excluding hydrogens is 450 g/mol. The lowest BCUT2D eigenvalue weighted by Gasteiger charge is -2.11. The van der Waals surface area contributed by atoms with E-state index < -0.39 is 15.9 Å². The van der Waals surface area contributed by atoms with Crippen molar-refractivity contribution in [3.63, 3.8) is 0 Å². The number of hydrogen-bond acceptors (Lipinski definition) is 7. The minimum absolute atomic E-state index is 0.00324. The summed E-state index contributed by atoms with van der Waals surface area (Å²) in [6.07, 6.45) is 5.76. The zero-order valence-corrected chi connectivity index (χ0v) is 18.5. The highest BCUT2D eigenvalue weighted by Gasteiger charge is 2.18. The molecule has 11 heteroatoms. The maximum atomic E-state index is 12.6. The number of anilines is 2. The first-order chi connectivity index (χ1) is 15.4. The van der Waals surface area contributed by atoms with Crippen molar-refractivity contribution < 1.29 is 17.9 Å². The van der Waals surface area contributed by atoms with Gasteiger partial charge in [0.25, 0.3) is 15.9 Å². The van der Waals surface area contributed by atoms with Gasteiger partial charge in [-0.3, -0.25) is 14.8 Å². The van der Waals surface area contributed by atoms with Gasteiger partial charge in [0, 0.05) is 24.2 Å². The van der Waals surface area contributed by atoms with Gasteiger partial charge >= 0.3 is 0 Å². The van der Waals surface area contributed by atoms with Crippen LogP contribution in [0.1, 0.15) is 5.56 Å². The number of methoxy groups -OCH3 is 1. The smallest absolute Gasteiger partial charge is 0.263 e. The van der Waals surface area contributed by atoms with Crippen LogP contribution in [0, 0.1) is 0 Å². The monoisotopic (exact) mass is 469 g/mol. The zero-order valence-electron chi connectivity index (χ0n) is 16.8. The molecule has 0 bridgehead atoms. The Labute approximate surface area is 190 Å². The number of amides is 1. The number of thiocarbonyl (C=S) groups is 1. The van der Waals surface area contributed by atoms with E-state index in [9.17, 15) is 13.2 Å². The molecule has 3 rings (SSSR count). The van der Waals surface area contributed by atoms with Gasteiger partial charge in [-0.2, -0.15) is 0 Å². The molecule has 0 spiro atoms. The SMILES string of the molecule is COc1nccnc1NS(=O)(=O)c1ccc(NC(=S)NC(=O)/C=C/c2ccccc2)cc1. The van der Waals surface area contributed by atoms with Crippen molar-refractivity contribution in [1.29, 1.82) is 0 Å². The molecule has 164 valence electrons. The standard InChI is InChI=1S/C21H19N5O4S2/c1-30-20-19(22-13-14-23-20)26-32(28,29)17-10-8-16(9-11-17)24-21(31)25-18(27)12-7-15-5-3-2-4-6-15/h2-14H,1H3,(H,22,26)(H2,24,25,27,31)/b12-7+. The van der Waals surface area contributed by atoms with E-state index in [-0.39, 0.29) is 21.7 Å². The minimum Gasteiger partial charge on any atom is -0.478 e. The fraction of sp³-hybridized carbons (Fsp3) is 0.0476. The molecule has 0 radical (unpaired) electrons. The third-order valence-electron chi connectivity index (χ3n) is 3.98. The van der Waals surface area contributed by atoms with Crippen LogP contribution in [-0.4, -0.2) is 36.5 Å². The molecule has 3 N–H and O–H groups in total. The molecule has 0 saturated heterocycles. The van der Waals surface area contributed by atoms with Crippen LogP contribution in [0.25, 0.3) is 6.08 Å². The summed E-state index contributed by atoms with van der Waals surface area (Å²) in [5, 5.41) is 5.42. The summed E-state index contributed by atoms with van der Waals surface area (Å²) < 4.78 is 32.5. The van der Waals surface area contributed by atoms with Crippen LogP contribution in [0.5, 0.6) is 5.88 Å². The van der Waals surface area contributed by atoms with Crippen LogP contribution in [0.4, 0.5) is 11.5 Å². The van der Waals surface area contributed by atoms with Gasteiger partial charge in [-0.05, 0) is 48.1 Å². The molecule has 0 atom stereocenters. The van der Waals surface area contributed by atoms with E-state index in [1.54, 1.807) is 6.08 Å². The van der Waals surface area contributed by atoms with Crippen LogP contribution in [0.3, 0.4) is 0 Å². The molecule has 0 saturated carbocycles. The van der Waals surface area contributed by atoms with Crippen LogP contribution < -0.4 is 20.1 Å². The van der Waals surface area contributed by atoms with Crippen LogP contribution in [-0.2, 0) is 14.8 Å². The second-order valence-electron chi connectivity index (χ2n) is 6.23. The molecule has 0 aliphatic carbocycles. The lowest BCUT2D eigenvalue weighted by Crippen LogP contribution is -2.32. The van der Waals surface area contributed by atoms with Gasteiger partial charge in [0.1, 0.15) is 0 Å². The first-order valence-electron chi connectivity index (χ1n) is 9.20. The number of nitrogens with one attached hydrogen (secondary N) is 3. The Hall–Kier alpha value is -3.83. The van der Waals surface area contributed by atoms with E-state index in [1.165, 1.54) is 49.8 Å². The van der Waals surface area contributed by atoms with E-state index in [4.69, 9.17) is 17.0 Å². The Kier molecular flexibility index (Phi) is 7.47. The number of carbonyl (C=O) groups is 1. The van der Waals surface area contributed by atoms with Gasteiger partial charge in [-0.25, -0.2) is 18.4 Å². The van der Waals surface area contributed by atoms with Gasteiger partial charge in [0.2, 0.25) is 11.7 Å². The molecule has 0 unspecified atom stereocenters.